The standard InChI is InChI=1S/C7H10O3S/c1-6-3-7(2)5-11(8,9)10-4-6/h3,5H,4H2,1-2H3. The van der Waals surface area contributed by atoms with Gasteiger partial charge in [0.25, 0.3) is 10.1 Å². The zero-order chi connectivity index (χ0) is 8.48. The first-order chi connectivity index (χ1) is 4.99. The third-order valence-corrected chi connectivity index (χ3v) is 2.36. The lowest BCUT2D eigenvalue weighted by molar-refractivity contribution is 0.356. The minimum absolute atomic E-state index is 0.163. The second-order valence-electron chi connectivity index (χ2n) is 2.61. The molecule has 0 saturated heterocycles. The molecule has 0 N–H and O–H groups in total. The molecule has 1 rings (SSSR count). The van der Waals surface area contributed by atoms with E-state index < -0.39 is 10.1 Å². The normalized spacial score (nSPS) is 23.5. The third kappa shape index (κ3) is 2.48. The minimum Gasteiger partial charge on any atom is -0.262 e. The fourth-order valence-corrected chi connectivity index (χ4v) is 1.84. The molecule has 1 heterocycles. The summed E-state index contributed by atoms with van der Waals surface area (Å²) in [5.74, 6) is 0. The molecule has 1 aliphatic heterocycles. The summed E-state index contributed by atoms with van der Waals surface area (Å²) in [6, 6.07) is 0. The van der Waals surface area contributed by atoms with E-state index in [0.29, 0.717) is 5.57 Å². The maximum atomic E-state index is 10.9. The van der Waals surface area contributed by atoms with Crippen molar-refractivity contribution in [2.75, 3.05) is 6.61 Å². The predicted molar refractivity (Wildman–Crippen MR) is 42.4 cm³/mol. The topological polar surface area (TPSA) is 43.4 Å². The smallest absolute Gasteiger partial charge is 0.262 e. The molecule has 0 bridgehead atoms. The number of hydrogen-bond acceptors (Lipinski definition) is 3. The molecule has 62 valence electrons. The summed E-state index contributed by atoms with van der Waals surface area (Å²) in [6.07, 6.45) is 1.80. The first-order valence-corrected chi connectivity index (χ1v) is 4.72. The van der Waals surface area contributed by atoms with E-state index in [9.17, 15) is 8.42 Å². The van der Waals surface area contributed by atoms with Crippen LogP contribution in [0.2, 0.25) is 0 Å². The van der Waals surface area contributed by atoms with Crippen molar-refractivity contribution < 1.29 is 12.6 Å². The van der Waals surface area contributed by atoms with Crippen LogP contribution in [0.25, 0.3) is 0 Å². The zero-order valence-electron chi connectivity index (χ0n) is 6.49. The molecule has 0 spiro atoms. The summed E-state index contributed by atoms with van der Waals surface area (Å²) in [6.45, 7) is 3.73. The predicted octanol–water partition coefficient (Wildman–Crippen LogP) is 1.20. The Bertz CT molecular complexity index is 309. The van der Waals surface area contributed by atoms with Gasteiger partial charge in [-0.15, -0.1) is 0 Å². The second kappa shape index (κ2) is 2.79. The van der Waals surface area contributed by atoms with Crippen molar-refractivity contribution >= 4 is 10.1 Å². The molecule has 0 atom stereocenters. The molecule has 1 aliphatic rings. The van der Waals surface area contributed by atoms with Crippen molar-refractivity contribution in [1.82, 2.24) is 0 Å². The van der Waals surface area contributed by atoms with Crippen molar-refractivity contribution in [1.29, 1.82) is 0 Å². The van der Waals surface area contributed by atoms with Crippen LogP contribution in [0.4, 0.5) is 0 Å². The summed E-state index contributed by atoms with van der Waals surface area (Å²) in [5, 5.41) is 1.13. The molecule has 0 aromatic carbocycles. The van der Waals surface area contributed by atoms with Gasteiger partial charge in [0.2, 0.25) is 0 Å². The SMILES string of the molecule is CC1=CS(=O)(=O)OCC(C)=C1. The van der Waals surface area contributed by atoms with Crippen LogP contribution < -0.4 is 0 Å². The van der Waals surface area contributed by atoms with Crippen LogP contribution in [0.3, 0.4) is 0 Å². The molecule has 0 fully saturated rings. The zero-order valence-corrected chi connectivity index (χ0v) is 7.31. The van der Waals surface area contributed by atoms with Gasteiger partial charge in [0.05, 0.1) is 12.0 Å². The Balaban J connectivity index is 3.03. The Hall–Kier alpha value is -0.610. The highest BCUT2D eigenvalue weighted by Gasteiger charge is 2.10. The highest BCUT2D eigenvalue weighted by atomic mass is 32.2. The van der Waals surface area contributed by atoms with Gasteiger partial charge in [0, 0.05) is 0 Å². The van der Waals surface area contributed by atoms with Crippen LogP contribution in [0.1, 0.15) is 13.8 Å². The fraction of sp³-hybridized carbons (Fsp3) is 0.429. The minimum atomic E-state index is -3.42. The van der Waals surface area contributed by atoms with Gasteiger partial charge >= 0.3 is 0 Å². The molecule has 3 nitrogen and oxygen atoms in total. The van der Waals surface area contributed by atoms with Gasteiger partial charge in [-0.3, -0.25) is 4.18 Å². The average molecular weight is 174 g/mol. The Morgan fingerprint density at radius 3 is 2.73 bits per heavy atom. The maximum absolute atomic E-state index is 10.9. The van der Waals surface area contributed by atoms with Crippen molar-refractivity contribution in [2.45, 2.75) is 13.8 Å². The first-order valence-electron chi connectivity index (χ1n) is 3.24. The number of rotatable bonds is 0. The van der Waals surface area contributed by atoms with Crippen LogP contribution >= 0.6 is 0 Å². The molecule has 11 heavy (non-hydrogen) atoms. The maximum Gasteiger partial charge on any atom is 0.290 e. The summed E-state index contributed by atoms with van der Waals surface area (Å²) >= 11 is 0. The van der Waals surface area contributed by atoms with Gasteiger partial charge in [-0.25, -0.2) is 0 Å². The lowest BCUT2D eigenvalue weighted by Crippen LogP contribution is -2.02. The second-order valence-corrected chi connectivity index (χ2v) is 4.06. The monoisotopic (exact) mass is 174 g/mol. The van der Waals surface area contributed by atoms with Crippen LogP contribution in [-0.4, -0.2) is 15.0 Å². The van der Waals surface area contributed by atoms with E-state index in [-0.39, 0.29) is 6.61 Å². The van der Waals surface area contributed by atoms with E-state index in [1.807, 2.05) is 6.92 Å². The van der Waals surface area contributed by atoms with Crippen LogP contribution in [0.15, 0.2) is 22.6 Å². The molecule has 4 heteroatoms. The van der Waals surface area contributed by atoms with Crippen molar-refractivity contribution in [2.24, 2.45) is 0 Å². The van der Waals surface area contributed by atoms with Gasteiger partial charge in [-0.1, -0.05) is 6.08 Å². The number of allylic oxidation sites excluding steroid dienone is 2. The lowest BCUT2D eigenvalue weighted by Gasteiger charge is -1.96. The highest BCUT2D eigenvalue weighted by molar-refractivity contribution is 7.89. The Morgan fingerprint density at radius 2 is 2.09 bits per heavy atom. The van der Waals surface area contributed by atoms with Gasteiger partial charge in [0.1, 0.15) is 0 Å². The van der Waals surface area contributed by atoms with Crippen molar-refractivity contribution in [3.05, 3.63) is 22.6 Å². The molecule has 0 amide bonds. The average Bonchev–Trinajstić information content (AvgIpc) is 1.90. The lowest BCUT2D eigenvalue weighted by atomic mass is 10.2. The first kappa shape index (κ1) is 8.49. The summed E-state index contributed by atoms with van der Waals surface area (Å²) in [4.78, 5) is 0. The van der Waals surface area contributed by atoms with Crippen molar-refractivity contribution in [3.63, 3.8) is 0 Å². The van der Waals surface area contributed by atoms with Gasteiger partial charge in [0.15, 0.2) is 0 Å². The molecule has 0 aliphatic carbocycles. The summed E-state index contributed by atoms with van der Waals surface area (Å²) < 4.78 is 26.4. The Kier molecular flexibility index (Phi) is 2.15. The third-order valence-electron chi connectivity index (χ3n) is 1.26. The molecule has 0 aromatic rings. The van der Waals surface area contributed by atoms with E-state index in [4.69, 9.17) is 0 Å². The Labute approximate surface area is 66.5 Å². The highest BCUT2D eigenvalue weighted by Crippen LogP contribution is 2.12. The van der Waals surface area contributed by atoms with Gasteiger partial charge < -0.3 is 0 Å². The number of hydrogen-bond donors (Lipinski definition) is 0. The van der Waals surface area contributed by atoms with E-state index >= 15 is 0 Å². The quantitative estimate of drug-likeness (QED) is 0.518. The Morgan fingerprint density at radius 1 is 1.45 bits per heavy atom. The summed E-state index contributed by atoms with van der Waals surface area (Å²) in [5.41, 5.74) is 1.62. The van der Waals surface area contributed by atoms with E-state index in [2.05, 4.69) is 4.18 Å². The largest absolute Gasteiger partial charge is 0.290 e. The molecular weight excluding hydrogens is 164 g/mol. The van der Waals surface area contributed by atoms with Gasteiger partial charge in [-0.2, -0.15) is 8.42 Å². The molecule has 0 unspecified atom stereocenters. The van der Waals surface area contributed by atoms with Crippen LogP contribution in [0, 0.1) is 0 Å². The summed E-state index contributed by atoms with van der Waals surface area (Å²) in [7, 11) is -3.42. The van der Waals surface area contributed by atoms with Crippen molar-refractivity contribution in [3.8, 4) is 0 Å². The van der Waals surface area contributed by atoms with E-state index in [0.717, 1.165) is 11.0 Å². The molecule has 0 saturated carbocycles. The van der Waals surface area contributed by atoms with Crippen LogP contribution in [0.5, 0.6) is 0 Å². The van der Waals surface area contributed by atoms with Gasteiger partial charge in [-0.05, 0) is 25.0 Å². The molecule has 0 aromatic heterocycles. The molecular formula is C7H10O3S. The van der Waals surface area contributed by atoms with E-state index in [1.54, 1.807) is 13.0 Å². The molecule has 0 radical (unpaired) electrons. The van der Waals surface area contributed by atoms with E-state index in [1.165, 1.54) is 0 Å². The van der Waals surface area contributed by atoms with Crippen LogP contribution in [-0.2, 0) is 14.3 Å². The fourth-order valence-electron chi connectivity index (χ4n) is 0.901.